The standard InChI is InChI=1S/C18H36N2O2/c1-5-6-7-8-9-13-17(21)19-14-18(22)20-16(4)12-10-11-15(2)3/h15-16H,5-14H2,1-4H3,(H,19,21)(H,20,22)/t16-/m0/s1. The van der Waals surface area contributed by atoms with Gasteiger partial charge in [-0.3, -0.25) is 9.59 Å². The molecule has 4 heteroatoms. The second-order valence-corrected chi connectivity index (χ2v) is 6.73. The molecule has 22 heavy (non-hydrogen) atoms. The Labute approximate surface area is 136 Å². The Morgan fingerprint density at radius 2 is 1.55 bits per heavy atom. The molecule has 0 radical (unpaired) electrons. The zero-order valence-corrected chi connectivity index (χ0v) is 15.0. The van der Waals surface area contributed by atoms with E-state index < -0.39 is 0 Å². The number of amides is 2. The number of carbonyl (C=O) groups is 2. The molecule has 130 valence electrons. The summed E-state index contributed by atoms with van der Waals surface area (Å²) in [7, 11) is 0. The summed E-state index contributed by atoms with van der Waals surface area (Å²) < 4.78 is 0. The van der Waals surface area contributed by atoms with Crippen molar-refractivity contribution in [3.63, 3.8) is 0 Å². The van der Waals surface area contributed by atoms with E-state index in [1.807, 2.05) is 6.92 Å². The van der Waals surface area contributed by atoms with Crippen molar-refractivity contribution in [3.8, 4) is 0 Å². The molecule has 0 saturated carbocycles. The first-order valence-corrected chi connectivity index (χ1v) is 9.01. The fraction of sp³-hybridized carbons (Fsp3) is 0.889. The summed E-state index contributed by atoms with van der Waals surface area (Å²) in [6.45, 7) is 8.72. The molecule has 0 unspecified atom stereocenters. The van der Waals surface area contributed by atoms with Crippen molar-refractivity contribution in [1.29, 1.82) is 0 Å². The average Bonchev–Trinajstić information content (AvgIpc) is 2.44. The van der Waals surface area contributed by atoms with Crippen LogP contribution in [0.2, 0.25) is 0 Å². The summed E-state index contributed by atoms with van der Waals surface area (Å²) in [5.41, 5.74) is 0. The van der Waals surface area contributed by atoms with Gasteiger partial charge in [-0.1, -0.05) is 59.3 Å². The second-order valence-electron chi connectivity index (χ2n) is 6.73. The predicted octanol–water partition coefficient (Wildman–Crippen LogP) is 3.79. The SMILES string of the molecule is CCCCCCCC(=O)NCC(=O)N[C@@H](C)CCCC(C)C. The minimum absolute atomic E-state index is 0.0147. The Bertz CT molecular complexity index is 303. The lowest BCUT2D eigenvalue weighted by atomic mass is 10.0. The fourth-order valence-electron chi connectivity index (χ4n) is 2.39. The van der Waals surface area contributed by atoms with E-state index in [-0.39, 0.29) is 24.4 Å². The highest BCUT2D eigenvalue weighted by atomic mass is 16.2. The highest BCUT2D eigenvalue weighted by molar-refractivity contribution is 5.84. The van der Waals surface area contributed by atoms with Crippen molar-refractivity contribution in [2.24, 2.45) is 5.92 Å². The van der Waals surface area contributed by atoms with Crippen LogP contribution in [-0.2, 0) is 9.59 Å². The van der Waals surface area contributed by atoms with E-state index in [0.717, 1.165) is 25.7 Å². The van der Waals surface area contributed by atoms with E-state index in [1.165, 1.54) is 25.7 Å². The average molecular weight is 312 g/mol. The van der Waals surface area contributed by atoms with E-state index in [1.54, 1.807) is 0 Å². The molecular formula is C18H36N2O2. The molecular weight excluding hydrogens is 276 g/mol. The first kappa shape index (κ1) is 20.9. The van der Waals surface area contributed by atoms with Gasteiger partial charge in [-0.25, -0.2) is 0 Å². The minimum Gasteiger partial charge on any atom is -0.352 e. The molecule has 1 atom stereocenters. The quantitative estimate of drug-likeness (QED) is 0.508. The van der Waals surface area contributed by atoms with Crippen LogP contribution in [0.5, 0.6) is 0 Å². The van der Waals surface area contributed by atoms with Crippen LogP contribution in [0.1, 0.15) is 85.5 Å². The van der Waals surface area contributed by atoms with Gasteiger partial charge in [0.1, 0.15) is 0 Å². The molecule has 0 aromatic rings. The summed E-state index contributed by atoms with van der Waals surface area (Å²) in [5, 5.41) is 5.64. The maximum absolute atomic E-state index is 11.7. The number of rotatable bonds is 13. The molecule has 0 aromatic heterocycles. The molecule has 0 spiro atoms. The lowest BCUT2D eigenvalue weighted by Crippen LogP contribution is -2.40. The fourth-order valence-corrected chi connectivity index (χ4v) is 2.39. The van der Waals surface area contributed by atoms with Gasteiger partial charge in [0.25, 0.3) is 0 Å². The van der Waals surface area contributed by atoms with E-state index in [4.69, 9.17) is 0 Å². The van der Waals surface area contributed by atoms with Gasteiger partial charge in [-0.2, -0.15) is 0 Å². The van der Waals surface area contributed by atoms with Gasteiger partial charge < -0.3 is 10.6 Å². The van der Waals surface area contributed by atoms with Crippen LogP contribution in [0.25, 0.3) is 0 Å². The van der Waals surface area contributed by atoms with Gasteiger partial charge in [0.15, 0.2) is 0 Å². The van der Waals surface area contributed by atoms with Crippen LogP contribution < -0.4 is 10.6 Å². The van der Waals surface area contributed by atoms with Crippen LogP contribution in [0.3, 0.4) is 0 Å². The van der Waals surface area contributed by atoms with Crippen molar-refractivity contribution in [1.82, 2.24) is 10.6 Å². The molecule has 0 saturated heterocycles. The van der Waals surface area contributed by atoms with Crippen molar-refractivity contribution in [2.75, 3.05) is 6.54 Å². The lowest BCUT2D eigenvalue weighted by molar-refractivity contribution is -0.126. The highest BCUT2D eigenvalue weighted by Crippen LogP contribution is 2.08. The molecule has 0 aliphatic rings. The number of hydrogen-bond acceptors (Lipinski definition) is 2. The third-order valence-corrected chi connectivity index (χ3v) is 3.78. The van der Waals surface area contributed by atoms with Crippen LogP contribution in [0.15, 0.2) is 0 Å². The van der Waals surface area contributed by atoms with E-state index in [9.17, 15) is 9.59 Å². The summed E-state index contributed by atoms with van der Waals surface area (Å²) >= 11 is 0. The second kappa shape index (κ2) is 13.6. The van der Waals surface area contributed by atoms with E-state index in [2.05, 4.69) is 31.4 Å². The summed E-state index contributed by atoms with van der Waals surface area (Å²) in [4.78, 5) is 23.4. The maximum Gasteiger partial charge on any atom is 0.239 e. The molecule has 0 aliphatic carbocycles. The first-order chi connectivity index (χ1) is 10.5. The van der Waals surface area contributed by atoms with Crippen LogP contribution in [-0.4, -0.2) is 24.4 Å². The van der Waals surface area contributed by atoms with Gasteiger partial charge in [0.05, 0.1) is 6.54 Å². The van der Waals surface area contributed by atoms with Crippen LogP contribution in [0, 0.1) is 5.92 Å². The topological polar surface area (TPSA) is 58.2 Å². The van der Waals surface area contributed by atoms with Gasteiger partial charge in [0, 0.05) is 12.5 Å². The third-order valence-electron chi connectivity index (χ3n) is 3.78. The normalized spacial score (nSPS) is 12.2. The molecule has 0 bridgehead atoms. The molecule has 0 rings (SSSR count). The zero-order valence-electron chi connectivity index (χ0n) is 15.0. The lowest BCUT2D eigenvalue weighted by Gasteiger charge is -2.14. The van der Waals surface area contributed by atoms with Crippen molar-refractivity contribution in [2.45, 2.75) is 91.5 Å². The number of nitrogens with one attached hydrogen (secondary N) is 2. The first-order valence-electron chi connectivity index (χ1n) is 9.01. The maximum atomic E-state index is 11.7. The Hall–Kier alpha value is -1.06. The highest BCUT2D eigenvalue weighted by Gasteiger charge is 2.09. The van der Waals surface area contributed by atoms with Gasteiger partial charge in [0.2, 0.25) is 11.8 Å². The minimum atomic E-state index is -0.0867. The molecule has 0 fully saturated rings. The smallest absolute Gasteiger partial charge is 0.239 e. The third kappa shape index (κ3) is 13.9. The predicted molar refractivity (Wildman–Crippen MR) is 92.7 cm³/mol. The monoisotopic (exact) mass is 312 g/mol. The molecule has 0 aliphatic heterocycles. The summed E-state index contributed by atoms with van der Waals surface area (Å²) in [6, 6.07) is 0.178. The Morgan fingerprint density at radius 1 is 0.864 bits per heavy atom. The van der Waals surface area contributed by atoms with E-state index >= 15 is 0 Å². The number of carbonyl (C=O) groups excluding carboxylic acids is 2. The van der Waals surface area contributed by atoms with Gasteiger partial charge in [-0.05, 0) is 25.7 Å². The molecule has 2 amide bonds. The molecule has 4 nitrogen and oxygen atoms in total. The Kier molecular flexibility index (Phi) is 12.9. The molecule has 0 heterocycles. The van der Waals surface area contributed by atoms with Crippen molar-refractivity contribution in [3.05, 3.63) is 0 Å². The summed E-state index contributed by atoms with van der Waals surface area (Å²) in [6.07, 6.45) is 9.49. The van der Waals surface area contributed by atoms with Crippen molar-refractivity contribution < 1.29 is 9.59 Å². The summed E-state index contributed by atoms with van der Waals surface area (Å²) in [5.74, 6) is 0.606. The van der Waals surface area contributed by atoms with Crippen LogP contribution >= 0.6 is 0 Å². The zero-order chi connectivity index (χ0) is 16.8. The molecule has 2 N–H and O–H groups in total. The van der Waals surface area contributed by atoms with E-state index in [0.29, 0.717) is 12.3 Å². The molecule has 0 aromatic carbocycles. The Balaban J connectivity index is 3.60. The van der Waals surface area contributed by atoms with Crippen molar-refractivity contribution >= 4 is 11.8 Å². The van der Waals surface area contributed by atoms with Crippen LogP contribution in [0.4, 0.5) is 0 Å². The number of unbranched alkanes of at least 4 members (excludes halogenated alkanes) is 4. The largest absolute Gasteiger partial charge is 0.352 e. The Morgan fingerprint density at radius 3 is 2.18 bits per heavy atom. The number of hydrogen-bond donors (Lipinski definition) is 2. The van der Waals surface area contributed by atoms with Gasteiger partial charge in [-0.15, -0.1) is 0 Å². The van der Waals surface area contributed by atoms with Gasteiger partial charge >= 0.3 is 0 Å².